The number of hydrogen-bond donors (Lipinski definition) is 2. The van der Waals surface area contributed by atoms with Gasteiger partial charge in [0.25, 0.3) is 0 Å². The third-order valence-electron chi connectivity index (χ3n) is 2.87. The van der Waals surface area contributed by atoms with Crippen molar-refractivity contribution in [3.63, 3.8) is 0 Å². The van der Waals surface area contributed by atoms with Crippen molar-refractivity contribution in [3.8, 4) is 0 Å². The highest BCUT2D eigenvalue weighted by Gasteiger charge is 2.17. The lowest BCUT2D eigenvalue weighted by atomic mass is 10.1. The fraction of sp³-hybridized carbons (Fsp3) is 0.500. The topological polar surface area (TPSA) is 58.7 Å². The lowest BCUT2D eigenvalue weighted by Gasteiger charge is -2.31. The molecular weight excluding hydrogens is 204 g/mol. The van der Waals surface area contributed by atoms with Crippen LogP contribution in [0.2, 0.25) is 0 Å². The third-order valence-corrected chi connectivity index (χ3v) is 2.87. The van der Waals surface area contributed by atoms with Gasteiger partial charge in [-0.1, -0.05) is 18.2 Å². The van der Waals surface area contributed by atoms with Crippen LogP contribution in [0.4, 0.5) is 5.69 Å². The molecule has 0 aromatic heterocycles. The molecule has 0 bridgehead atoms. The summed E-state index contributed by atoms with van der Waals surface area (Å²) < 4.78 is 5.32. The molecule has 0 saturated carbocycles. The minimum atomic E-state index is -0.584. The van der Waals surface area contributed by atoms with Crippen molar-refractivity contribution in [1.29, 1.82) is 0 Å². The molecule has 1 aliphatic rings. The molecule has 1 atom stereocenters. The van der Waals surface area contributed by atoms with Gasteiger partial charge in [0.05, 0.1) is 19.3 Å². The Morgan fingerprint density at radius 3 is 2.69 bits per heavy atom. The van der Waals surface area contributed by atoms with Gasteiger partial charge in [0.2, 0.25) is 0 Å². The zero-order valence-electron chi connectivity index (χ0n) is 9.30. The first-order valence-corrected chi connectivity index (χ1v) is 5.62. The Balaban J connectivity index is 2.24. The number of benzene rings is 1. The van der Waals surface area contributed by atoms with Crippen molar-refractivity contribution in [2.24, 2.45) is 5.73 Å². The van der Waals surface area contributed by atoms with Gasteiger partial charge in [-0.3, -0.25) is 0 Å². The van der Waals surface area contributed by atoms with Crippen LogP contribution in [0.3, 0.4) is 0 Å². The van der Waals surface area contributed by atoms with Gasteiger partial charge in [-0.05, 0) is 6.07 Å². The molecule has 0 spiro atoms. The van der Waals surface area contributed by atoms with Crippen LogP contribution < -0.4 is 10.6 Å². The number of aliphatic hydroxyl groups excluding tert-OH is 1. The highest BCUT2D eigenvalue weighted by atomic mass is 16.5. The Hall–Kier alpha value is -1.10. The molecule has 0 unspecified atom stereocenters. The van der Waals surface area contributed by atoms with E-state index in [1.165, 1.54) is 0 Å². The van der Waals surface area contributed by atoms with Crippen LogP contribution in [0, 0.1) is 0 Å². The number of rotatable bonds is 3. The Bertz CT molecular complexity index is 338. The van der Waals surface area contributed by atoms with Crippen molar-refractivity contribution < 1.29 is 9.84 Å². The van der Waals surface area contributed by atoms with Gasteiger partial charge in [-0.25, -0.2) is 0 Å². The van der Waals surface area contributed by atoms with Crippen molar-refractivity contribution in [1.82, 2.24) is 0 Å². The van der Waals surface area contributed by atoms with Crippen molar-refractivity contribution in [3.05, 3.63) is 29.8 Å². The highest BCUT2D eigenvalue weighted by molar-refractivity contribution is 5.55. The maximum Gasteiger partial charge on any atom is 0.0932 e. The standard InChI is InChI=1S/C12H18N2O2/c13-9-12(15)10-3-1-2-4-11(10)14-5-7-16-8-6-14/h1-4,12,15H,5-9,13H2/t12-/m0/s1. The summed E-state index contributed by atoms with van der Waals surface area (Å²) in [5.41, 5.74) is 7.49. The number of anilines is 1. The molecule has 0 radical (unpaired) electrons. The Labute approximate surface area is 95.6 Å². The molecule has 1 fully saturated rings. The van der Waals surface area contributed by atoms with E-state index in [2.05, 4.69) is 4.90 Å². The van der Waals surface area contributed by atoms with Gasteiger partial charge in [0.1, 0.15) is 0 Å². The molecule has 0 aliphatic carbocycles. The Morgan fingerprint density at radius 2 is 2.00 bits per heavy atom. The van der Waals surface area contributed by atoms with Crippen LogP contribution in [-0.4, -0.2) is 38.0 Å². The molecule has 1 aromatic carbocycles. The molecule has 1 aliphatic heterocycles. The van der Waals surface area contributed by atoms with E-state index >= 15 is 0 Å². The second kappa shape index (κ2) is 5.30. The van der Waals surface area contributed by atoms with E-state index < -0.39 is 6.10 Å². The molecule has 3 N–H and O–H groups in total. The summed E-state index contributed by atoms with van der Waals surface area (Å²) >= 11 is 0. The SMILES string of the molecule is NC[C@H](O)c1ccccc1N1CCOCC1. The number of ether oxygens (including phenoxy) is 1. The predicted molar refractivity (Wildman–Crippen MR) is 63.5 cm³/mol. The van der Waals surface area contributed by atoms with Crippen LogP contribution in [0.15, 0.2) is 24.3 Å². The Morgan fingerprint density at radius 1 is 1.31 bits per heavy atom. The number of morpholine rings is 1. The predicted octanol–water partition coefficient (Wildman–Crippen LogP) is 0.515. The van der Waals surface area contributed by atoms with E-state index in [-0.39, 0.29) is 6.54 Å². The lowest BCUT2D eigenvalue weighted by Crippen LogP contribution is -2.37. The molecule has 4 nitrogen and oxygen atoms in total. The number of hydrogen-bond acceptors (Lipinski definition) is 4. The van der Waals surface area contributed by atoms with E-state index in [1.54, 1.807) is 0 Å². The number of nitrogens with two attached hydrogens (primary N) is 1. The third kappa shape index (κ3) is 2.35. The average Bonchev–Trinajstić information content (AvgIpc) is 2.39. The molecular formula is C12H18N2O2. The van der Waals surface area contributed by atoms with Crippen molar-refractivity contribution in [2.45, 2.75) is 6.10 Å². The summed E-state index contributed by atoms with van der Waals surface area (Å²) in [6.45, 7) is 3.48. The highest BCUT2D eigenvalue weighted by Crippen LogP contribution is 2.26. The van der Waals surface area contributed by atoms with Crippen molar-refractivity contribution >= 4 is 5.69 Å². The number of para-hydroxylation sites is 1. The second-order valence-corrected chi connectivity index (χ2v) is 3.91. The van der Waals surface area contributed by atoms with Gasteiger partial charge in [0.15, 0.2) is 0 Å². The zero-order valence-corrected chi connectivity index (χ0v) is 9.30. The summed E-state index contributed by atoms with van der Waals surface area (Å²) in [6.07, 6.45) is -0.584. The lowest BCUT2D eigenvalue weighted by molar-refractivity contribution is 0.122. The Kier molecular flexibility index (Phi) is 3.77. The van der Waals surface area contributed by atoms with Crippen LogP contribution in [0.5, 0.6) is 0 Å². The summed E-state index contributed by atoms with van der Waals surface area (Å²) in [5.74, 6) is 0. The van der Waals surface area contributed by atoms with Gasteiger partial charge < -0.3 is 20.5 Å². The fourth-order valence-electron chi connectivity index (χ4n) is 1.99. The van der Waals surface area contributed by atoms with Gasteiger partial charge in [0, 0.05) is 30.9 Å². The van der Waals surface area contributed by atoms with Gasteiger partial charge in [-0.2, -0.15) is 0 Å². The molecule has 1 heterocycles. The maximum atomic E-state index is 9.86. The fourth-order valence-corrected chi connectivity index (χ4v) is 1.99. The zero-order chi connectivity index (χ0) is 11.4. The van der Waals surface area contributed by atoms with E-state index in [9.17, 15) is 5.11 Å². The molecule has 2 rings (SSSR count). The molecule has 4 heteroatoms. The quantitative estimate of drug-likeness (QED) is 0.782. The number of aliphatic hydroxyl groups is 1. The van der Waals surface area contributed by atoms with Gasteiger partial charge >= 0.3 is 0 Å². The molecule has 0 amide bonds. The molecule has 1 aromatic rings. The minimum absolute atomic E-state index is 0.251. The van der Waals surface area contributed by atoms with Gasteiger partial charge in [-0.15, -0.1) is 0 Å². The van der Waals surface area contributed by atoms with E-state index in [4.69, 9.17) is 10.5 Å². The van der Waals surface area contributed by atoms with E-state index in [0.717, 1.165) is 37.6 Å². The van der Waals surface area contributed by atoms with Crippen LogP contribution in [-0.2, 0) is 4.74 Å². The monoisotopic (exact) mass is 222 g/mol. The summed E-state index contributed by atoms with van der Waals surface area (Å²) in [6, 6.07) is 7.87. The summed E-state index contributed by atoms with van der Waals surface area (Å²) in [5, 5.41) is 9.86. The first kappa shape index (κ1) is 11.4. The molecule has 16 heavy (non-hydrogen) atoms. The van der Waals surface area contributed by atoms with Crippen LogP contribution >= 0.6 is 0 Å². The van der Waals surface area contributed by atoms with E-state index in [0.29, 0.717) is 0 Å². The summed E-state index contributed by atoms with van der Waals surface area (Å²) in [7, 11) is 0. The normalized spacial score (nSPS) is 18.5. The largest absolute Gasteiger partial charge is 0.387 e. The van der Waals surface area contributed by atoms with E-state index in [1.807, 2.05) is 24.3 Å². The second-order valence-electron chi connectivity index (χ2n) is 3.91. The van der Waals surface area contributed by atoms with Crippen LogP contribution in [0.25, 0.3) is 0 Å². The smallest absolute Gasteiger partial charge is 0.0932 e. The first-order chi connectivity index (χ1) is 7.83. The maximum absolute atomic E-state index is 9.86. The molecule has 88 valence electrons. The number of nitrogens with zero attached hydrogens (tertiary/aromatic N) is 1. The van der Waals surface area contributed by atoms with Crippen molar-refractivity contribution in [2.75, 3.05) is 37.7 Å². The molecule has 1 saturated heterocycles. The minimum Gasteiger partial charge on any atom is -0.387 e. The first-order valence-electron chi connectivity index (χ1n) is 5.62. The average molecular weight is 222 g/mol. The van der Waals surface area contributed by atoms with Crippen LogP contribution in [0.1, 0.15) is 11.7 Å². The summed E-state index contributed by atoms with van der Waals surface area (Å²) in [4.78, 5) is 2.23.